The number of aliphatic hydroxyl groups is 1. The van der Waals surface area contributed by atoms with E-state index in [1.807, 2.05) is 0 Å². The fourth-order valence-electron chi connectivity index (χ4n) is 1.35. The Kier molecular flexibility index (Phi) is 4.25. The Balaban J connectivity index is 3.06. The normalized spacial score (nSPS) is 10.2. The van der Waals surface area contributed by atoms with Gasteiger partial charge < -0.3 is 14.9 Å². The second-order valence-corrected chi connectivity index (χ2v) is 3.29. The summed E-state index contributed by atoms with van der Waals surface area (Å²) in [5.74, 6) is -2.36. The molecule has 0 aliphatic heterocycles. The molecule has 0 spiro atoms. The number of phenolic OH excluding ortho intramolecular Hbond substituents is 1. The summed E-state index contributed by atoms with van der Waals surface area (Å²) in [5, 5.41) is 18.0. The molecule has 0 fully saturated rings. The summed E-state index contributed by atoms with van der Waals surface area (Å²) in [5.41, 5.74) is 0.334. The number of hydrogen-bond acceptors (Lipinski definition) is 4. The zero-order valence-electron chi connectivity index (χ0n) is 8.86. The van der Waals surface area contributed by atoms with Crippen LogP contribution in [-0.4, -0.2) is 29.9 Å². The molecule has 0 heterocycles. The van der Waals surface area contributed by atoms with Crippen LogP contribution in [0.15, 0.2) is 12.1 Å². The maximum absolute atomic E-state index is 13.2. The molecule has 1 aromatic rings. The fourth-order valence-corrected chi connectivity index (χ4v) is 1.35. The maximum Gasteiger partial charge on any atom is 0.341 e. The lowest BCUT2D eigenvalue weighted by atomic mass is 10.1. The van der Waals surface area contributed by atoms with Crippen LogP contribution in [0.25, 0.3) is 0 Å². The first-order valence-electron chi connectivity index (χ1n) is 4.80. The predicted molar refractivity (Wildman–Crippen MR) is 54.8 cm³/mol. The van der Waals surface area contributed by atoms with Gasteiger partial charge >= 0.3 is 5.97 Å². The highest BCUT2D eigenvalue weighted by molar-refractivity contribution is 5.92. The SMILES string of the molecule is COC(=O)c1cc(CCCO)cc(F)c1O. The Morgan fingerprint density at radius 1 is 1.50 bits per heavy atom. The van der Waals surface area contributed by atoms with Crippen LogP contribution in [0.4, 0.5) is 4.39 Å². The number of carbonyl (C=O) groups excluding carboxylic acids is 1. The first-order chi connectivity index (χ1) is 7.60. The van der Waals surface area contributed by atoms with Crippen molar-refractivity contribution in [3.63, 3.8) is 0 Å². The summed E-state index contributed by atoms with van der Waals surface area (Å²) < 4.78 is 17.7. The third-order valence-electron chi connectivity index (χ3n) is 2.15. The minimum Gasteiger partial charge on any atom is -0.504 e. The number of carbonyl (C=O) groups is 1. The van der Waals surface area contributed by atoms with Crippen molar-refractivity contribution in [2.24, 2.45) is 0 Å². The minimum atomic E-state index is -0.865. The number of esters is 1. The monoisotopic (exact) mass is 228 g/mol. The topological polar surface area (TPSA) is 66.8 Å². The average molecular weight is 228 g/mol. The second-order valence-electron chi connectivity index (χ2n) is 3.29. The van der Waals surface area contributed by atoms with E-state index in [0.717, 1.165) is 13.2 Å². The summed E-state index contributed by atoms with van der Waals surface area (Å²) >= 11 is 0. The lowest BCUT2D eigenvalue weighted by Crippen LogP contribution is -2.04. The molecule has 0 radical (unpaired) electrons. The molecule has 0 aliphatic carbocycles. The van der Waals surface area contributed by atoms with Crippen molar-refractivity contribution in [2.45, 2.75) is 12.8 Å². The molecule has 0 unspecified atom stereocenters. The molecule has 0 atom stereocenters. The Labute approximate surface area is 92.3 Å². The zero-order chi connectivity index (χ0) is 12.1. The Bertz CT molecular complexity index is 390. The number of aryl methyl sites for hydroxylation is 1. The van der Waals surface area contributed by atoms with Crippen LogP contribution in [-0.2, 0) is 11.2 Å². The van der Waals surface area contributed by atoms with Gasteiger partial charge in [-0.15, -0.1) is 0 Å². The van der Waals surface area contributed by atoms with Gasteiger partial charge in [0.2, 0.25) is 0 Å². The lowest BCUT2D eigenvalue weighted by molar-refractivity contribution is 0.0596. The number of rotatable bonds is 4. The van der Waals surface area contributed by atoms with Crippen LogP contribution in [0.1, 0.15) is 22.3 Å². The van der Waals surface area contributed by atoms with E-state index < -0.39 is 17.5 Å². The molecule has 4 nitrogen and oxygen atoms in total. The van der Waals surface area contributed by atoms with Gasteiger partial charge in [-0.25, -0.2) is 9.18 Å². The number of aromatic hydroxyl groups is 1. The highest BCUT2D eigenvalue weighted by Gasteiger charge is 2.16. The maximum atomic E-state index is 13.2. The van der Waals surface area contributed by atoms with E-state index in [1.54, 1.807) is 0 Å². The smallest absolute Gasteiger partial charge is 0.341 e. The minimum absolute atomic E-state index is 0.0178. The summed E-state index contributed by atoms with van der Waals surface area (Å²) in [6.07, 6.45) is 0.891. The number of aliphatic hydroxyl groups excluding tert-OH is 1. The van der Waals surface area contributed by atoms with Gasteiger partial charge in [0.15, 0.2) is 11.6 Å². The van der Waals surface area contributed by atoms with Crippen molar-refractivity contribution in [2.75, 3.05) is 13.7 Å². The van der Waals surface area contributed by atoms with Crippen molar-refractivity contribution in [1.29, 1.82) is 0 Å². The van der Waals surface area contributed by atoms with Gasteiger partial charge in [-0.1, -0.05) is 0 Å². The molecule has 1 aromatic carbocycles. The number of hydrogen-bond donors (Lipinski definition) is 2. The molecule has 0 amide bonds. The van der Waals surface area contributed by atoms with E-state index in [0.29, 0.717) is 18.4 Å². The van der Waals surface area contributed by atoms with Gasteiger partial charge in [-0.2, -0.15) is 0 Å². The standard InChI is InChI=1S/C11H13FO4/c1-16-11(15)8-5-7(3-2-4-13)6-9(12)10(8)14/h5-6,13-14H,2-4H2,1H3. The quantitative estimate of drug-likeness (QED) is 0.761. The highest BCUT2D eigenvalue weighted by Crippen LogP contribution is 2.24. The van der Waals surface area contributed by atoms with Gasteiger partial charge in [0, 0.05) is 6.61 Å². The molecule has 0 saturated carbocycles. The number of methoxy groups -OCH3 is 1. The zero-order valence-corrected chi connectivity index (χ0v) is 8.86. The Hall–Kier alpha value is -1.62. The van der Waals surface area contributed by atoms with Gasteiger partial charge in [-0.05, 0) is 30.5 Å². The van der Waals surface area contributed by atoms with E-state index in [2.05, 4.69) is 4.74 Å². The summed E-state index contributed by atoms with van der Waals surface area (Å²) in [7, 11) is 1.15. The van der Waals surface area contributed by atoms with Gasteiger partial charge in [0.1, 0.15) is 5.56 Å². The van der Waals surface area contributed by atoms with Crippen LogP contribution in [0.3, 0.4) is 0 Å². The molecular weight excluding hydrogens is 215 g/mol. The van der Waals surface area contributed by atoms with Gasteiger partial charge in [0.25, 0.3) is 0 Å². The van der Waals surface area contributed by atoms with E-state index >= 15 is 0 Å². The van der Waals surface area contributed by atoms with Crippen LogP contribution in [0, 0.1) is 5.82 Å². The van der Waals surface area contributed by atoms with Crippen molar-refractivity contribution in [3.05, 3.63) is 29.1 Å². The largest absolute Gasteiger partial charge is 0.504 e. The van der Waals surface area contributed by atoms with E-state index in [4.69, 9.17) is 5.11 Å². The molecule has 1 rings (SSSR count). The molecular formula is C11H13FO4. The van der Waals surface area contributed by atoms with Gasteiger partial charge in [0.05, 0.1) is 7.11 Å². The van der Waals surface area contributed by atoms with Crippen LogP contribution >= 0.6 is 0 Å². The average Bonchev–Trinajstić information content (AvgIpc) is 2.29. The van der Waals surface area contributed by atoms with Crippen LogP contribution < -0.4 is 0 Å². The predicted octanol–water partition coefficient (Wildman–Crippen LogP) is 1.24. The fraction of sp³-hybridized carbons (Fsp3) is 0.364. The van der Waals surface area contributed by atoms with E-state index in [-0.39, 0.29) is 12.2 Å². The Morgan fingerprint density at radius 2 is 2.19 bits per heavy atom. The Morgan fingerprint density at radius 3 is 2.75 bits per heavy atom. The van der Waals surface area contributed by atoms with Crippen LogP contribution in [0.2, 0.25) is 0 Å². The summed E-state index contributed by atoms with van der Waals surface area (Å²) in [4.78, 5) is 11.2. The third-order valence-corrected chi connectivity index (χ3v) is 2.15. The lowest BCUT2D eigenvalue weighted by Gasteiger charge is -2.07. The molecule has 0 aromatic heterocycles. The number of phenols is 1. The summed E-state index contributed by atoms with van der Waals surface area (Å²) in [6, 6.07) is 2.50. The molecule has 0 saturated heterocycles. The molecule has 88 valence electrons. The molecule has 0 aliphatic rings. The van der Waals surface area contributed by atoms with Crippen molar-refractivity contribution >= 4 is 5.97 Å². The molecule has 5 heteroatoms. The van der Waals surface area contributed by atoms with E-state index in [9.17, 15) is 14.3 Å². The molecule has 2 N–H and O–H groups in total. The van der Waals surface area contributed by atoms with Crippen molar-refractivity contribution in [1.82, 2.24) is 0 Å². The number of ether oxygens (including phenoxy) is 1. The second kappa shape index (κ2) is 5.46. The highest BCUT2D eigenvalue weighted by atomic mass is 19.1. The van der Waals surface area contributed by atoms with Crippen LogP contribution in [0.5, 0.6) is 5.75 Å². The van der Waals surface area contributed by atoms with E-state index in [1.165, 1.54) is 6.07 Å². The van der Waals surface area contributed by atoms with Gasteiger partial charge in [-0.3, -0.25) is 0 Å². The number of halogens is 1. The summed E-state index contributed by atoms with van der Waals surface area (Å²) in [6.45, 7) is -0.0178. The first kappa shape index (κ1) is 12.4. The third kappa shape index (κ3) is 2.70. The van der Waals surface area contributed by atoms with Crippen molar-refractivity contribution < 1.29 is 24.1 Å². The first-order valence-corrected chi connectivity index (χ1v) is 4.80. The number of benzene rings is 1. The van der Waals surface area contributed by atoms with Crippen molar-refractivity contribution in [3.8, 4) is 5.75 Å². The molecule has 16 heavy (non-hydrogen) atoms. The molecule has 0 bridgehead atoms.